The Hall–Kier alpha value is -1.40. The number of amides is 1. The standard InChI is InChI=1S/C14H16BrNO4/c15-10-3-1-9(2-4-10)14(6-7-14)13(20)16-11(5-8-17)12(18)19/h1-4,11,17H,5-8H2,(H,16,20)(H,18,19). The molecular weight excluding hydrogens is 326 g/mol. The molecule has 1 fully saturated rings. The average Bonchev–Trinajstić information content (AvgIpc) is 3.20. The number of carbonyl (C=O) groups excluding carboxylic acids is 1. The Labute approximate surface area is 125 Å². The summed E-state index contributed by atoms with van der Waals surface area (Å²) in [5.74, 6) is -1.40. The van der Waals surface area contributed by atoms with E-state index in [9.17, 15) is 9.59 Å². The summed E-state index contributed by atoms with van der Waals surface area (Å²) in [5, 5.41) is 20.4. The molecule has 0 spiro atoms. The van der Waals surface area contributed by atoms with Gasteiger partial charge in [0.05, 0.1) is 5.41 Å². The van der Waals surface area contributed by atoms with E-state index in [2.05, 4.69) is 21.2 Å². The Morgan fingerprint density at radius 1 is 1.30 bits per heavy atom. The maximum Gasteiger partial charge on any atom is 0.326 e. The fraction of sp³-hybridized carbons (Fsp3) is 0.429. The van der Waals surface area contributed by atoms with Crippen LogP contribution in [0.25, 0.3) is 0 Å². The average molecular weight is 342 g/mol. The quantitative estimate of drug-likeness (QED) is 0.730. The molecule has 20 heavy (non-hydrogen) atoms. The Morgan fingerprint density at radius 2 is 1.90 bits per heavy atom. The van der Waals surface area contributed by atoms with Crippen LogP contribution < -0.4 is 5.32 Å². The lowest BCUT2D eigenvalue weighted by molar-refractivity contribution is -0.142. The van der Waals surface area contributed by atoms with Gasteiger partial charge < -0.3 is 15.5 Å². The molecule has 6 heteroatoms. The van der Waals surface area contributed by atoms with Crippen LogP contribution >= 0.6 is 15.9 Å². The number of carbonyl (C=O) groups is 2. The molecule has 1 aromatic carbocycles. The van der Waals surface area contributed by atoms with Gasteiger partial charge in [0.25, 0.3) is 0 Å². The van der Waals surface area contributed by atoms with Gasteiger partial charge in [0, 0.05) is 17.5 Å². The zero-order chi connectivity index (χ0) is 14.8. The first-order chi connectivity index (χ1) is 9.49. The number of benzene rings is 1. The van der Waals surface area contributed by atoms with Crippen molar-refractivity contribution in [3.8, 4) is 0 Å². The zero-order valence-corrected chi connectivity index (χ0v) is 12.4. The van der Waals surface area contributed by atoms with Gasteiger partial charge in [0.1, 0.15) is 6.04 Å². The molecule has 1 aromatic rings. The maximum atomic E-state index is 12.3. The number of aliphatic hydroxyl groups is 1. The molecule has 0 saturated heterocycles. The van der Waals surface area contributed by atoms with E-state index in [0.717, 1.165) is 10.0 Å². The summed E-state index contributed by atoms with van der Waals surface area (Å²) in [5.41, 5.74) is 0.287. The van der Waals surface area contributed by atoms with Crippen molar-refractivity contribution in [1.82, 2.24) is 5.32 Å². The highest BCUT2D eigenvalue weighted by Gasteiger charge is 2.51. The molecule has 3 N–H and O–H groups in total. The third kappa shape index (κ3) is 3.02. The highest BCUT2D eigenvalue weighted by molar-refractivity contribution is 9.10. The number of hydrogen-bond acceptors (Lipinski definition) is 3. The van der Waals surface area contributed by atoms with Crippen LogP contribution in [-0.4, -0.2) is 34.7 Å². The second-order valence-corrected chi connectivity index (χ2v) is 5.88. The molecule has 2 rings (SSSR count). The molecule has 5 nitrogen and oxygen atoms in total. The van der Waals surface area contributed by atoms with Crippen molar-refractivity contribution in [2.75, 3.05) is 6.61 Å². The molecule has 1 atom stereocenters. The Bertz CT molecular complexity index is 510. The second kappa shape index (κ2) is 5.93. The predicted octanol–water partition coefficient (Wildman–Crippen LogP) is 1.43. The molecule has 0 aromatic heterocycles. The number of aliphatic carboxylic acids is 1. The van der Waals surface area contributed by atoms with E-state index >= 15 is 0 Å². The predicted molar refractivity (Wildman–Crippen MR) is 76.3 cm³/mol. The topological polar surface area (TPSA) is 86.6 Å². The Kier molecular flexibility index (Phi) is 4.45. The van der Waals surface area contributed by atoms with Gasteiger partial charge in [-0.25, -0.2) is 4.79 Å². The number of carboxylic acid groups (broad SMARTS) is 1. The molecule has 108 valence electrons. The number of nitrogens with one attached hydrogen (secondary N) is 1. The third-order valence-electron chi connectivity index (χ3n) is 3.60. The highest BCUT2D eigenvalue weighted by atomic mass is 79.9. The van der Waals surface area contributed by atoms with Crippen molar-refractivity contribution in [3.63, 3.8) is 0 Å². The summed E-state index contributed by atoms with van der Waals surface area (Å²) in [6.07, 6.45) is 1.44. The fourth-order valence-corrected chi connectivity index (χ4v) is 2.49. The number of hydrogen-bond donors (Lipinski definition) is 3. The van der Waals surface area contributed by atoms with Crippen LogP contribution in [0, 0.1) is 0 Å². The van der Waals surface area contributed by atoms with E-state index in [-0.39, 0.29) is 18.9 Å². The first-order valence-corrected chi connectivity index (χ1v) is 7.19. The molecule has 1 unspecified atom stereocenters. The molecule has 0 aliphatic heterocycles. The summed E-state index contributed by atoms with van der Waals surface area (Å²) in [6, 6.07) is 6.44. The molecule has 1 saturated carbocycles. The van der Waals surface area contributed by atoms with Gasteiger partial charge in [-0.3, -0.25) is 4.79 Å². The van der Waals surface area contributed by atoms with Crippen molar-refractivity contribution < 1.29 is 19.8 Å². The summed E-state index contributed by atoms with van der Waals surface area (Å²) >= 11 is 3.34. The number of carboxylic acids is 1. The molecule has 0 heterocycles. The lowest BCUT2D eigenvalue weighted by Gasteiger charge is -2.19. The summed E-state index contributed by atoms with van der Waals surface area (Å²) in [7, 11) is 0. The number of rotatable bonds is 6. The van der Waals surface area contributed by atoms with Crippen LogP contribution in [0.2, 0.25) is 0 Å². The van der Waals surface area contributed by atoms with Crippen LogP contribution in [-0.2, 0) is 15.0 Å². The van der Waals surface area contributed by atoms with E-state index in [1.807, 2.05) is 24.3 Å². The van der Waals surface area contributed by atoms with Crippen molar-refractivity contribution in [3.05, 3.63) is 34.3 Å². The number of halogens is 1. The van der Waals surface area contributed by atoms with Gasteiger partial charge in [0.2, 0.25) is 5.91 Å². The minimum absolute atomic E-state index is 0.0114. The van der Waals surface area contributed by atoms with Gasteiger partial charge >= 0.3 is 5.97 Å². The fourth-order valence-electron chi connectivity index (χ4n) is 2.22. The lowest BCUT2D eigenvalue weighted by atomic mass is 9.94. The third-order valence-corrected chi connectivity index (χ3v) is 4.13. The van der Waals surface area contributed by atoms with Gasteiger partial charge in [0.15, 0.2) is 0 Å². The van der Waals surface area contributed by atoms with Crippen LogP contribution in [0.15, 0.2) is 28.7 Å². The van der Waals surface area contributed by atoms with Gasteiger partial charge in [-0.1, -0.05) is 28.1 Å². The van der Waals surface area contributed by atoms with Gasteiger partial charge in [-0.05, 0) is 30.5 Å². The molecule has 0 bridgehead atoms. The van der Waals surface area contributed by atoms with Crippen LogP contribution in [0.4, 0.5) is 0 Å². The maximum absolute atomic E-state index is 12.3. The van der Waals surface area contributed by atoms with Gasteiger partial charge in [-0.2, -0.15) is 0 Å². The molecule has 1 aliphatic rings. The van der Waals surface area contributed by atoms with Crippen LogP contribution in [0.1, 0.15) is 24.8 Å². The summed E-state index contributed by atoms with van der Waals surface area (Å²) < 4.78 is 0.932. The highest BCUT2D eigenvalue weighted by Crippen LogP contribution is 2.48. The van der Waals surface area contributed by atoms with E-state index in [4.69, 9.17) is 10.2 Å². The van der Waals surface area contributed by atoms with Crippen LogP contribution in [0.5, 0.6) is 0 Å². The van der Waals surface area contributed by atoms with Crippen molar-refractivity contribution >= 4 is 27.8 Å². The number of aliphatic hydroxyl groups excluding tert-OH is 1. The second-order valence-electron chi connectivity index (χ2n) is 4.97. The van der Waals surface area contributed by atoms with Crippen molar-refractivity contribution in [1.29, 1.82) is 0 Å². The molecule has 0 radical (unpaired) electrons. The van der Waals surface area contributed by atoms with Crippen molar-refractivity contribution in [2.24, 2.45) is 0 Å². The Morgan fingerprint density at radius 3 is 2.35 bits per heavy atom. The smallest absolute Gasteiger partial charge is 0.326 e. The lowest BCUT2D eigenvalue weighted by Crippen LogP contribution is -2.46. The SMILES string of the molecule is O=C(O)C(CCO)NC(=O)C1(c2ccc(Br)cc2)CC1. The Balaban J connectivity index is 2.12. The van der Waals surface area contributed by atoms with E-state index in [1.54, 1.807) is 0 Å². The van der Waals surface area contributed by atoms with E-state index in [0.29, 0.717) is 12.8 Å². The minimum atomic E-state index is -1.13. The minimum Gasteiger partial charge on any atom is -0.480 e. The first kappa shape index (κ1) is 15.0. The largest absolute Gasteiger partial charge is 0.480 e. The summed E-state index contributed by atoms with van der Waals surface area (Å²) in [6.45, 7) is -0.275. The van der Waals surface area contributed by atoms with Gasteiger partial charge in [-0.15, -0.1) is 0 Å². The zero-order valence-electron chi connectivity index (χ0n) is 10.8. The molecular formula is C14H16BrNO4. The van der Waals surface area contributed by atoms with E-state index in [1.165, 1.54) is 0 Å². The monoisotopic (exact) mass is 341 g/mol. The molecule has 1 amide bonds. The van der Waals surface area contributed by atoms with Crippen LogP contribution in [0.3, 0.4) is 0 Å². The molecule has 1 aliphatic carbocycles. The normalized spacial score (nSPS) is 17.3. The van der Waals surface area contributed by atoms with Crippen molar-refractivity contribution in [2.45, 2.75) is 30.7 Å². The summed E-state index contributed by atoms with van der Waals surface area (Å²) in [4.78, 5) is 23.4. The first-order valence-electron chi connectivity index (χ1n) is 6.40. The van der Waals surface area contributed by atoms with E-state index < -0.39 is 17.4 Å².